The van der Waals surface area contributed by atoms with E-state index in [0.717, 1.165) is 21.7 Å². The molecule has 0 spiro atoms. The van der Waals surface area contributed by atoms with Gasteiger partial charge >= 0.3 is 0 Å². The zero-order chi connectivity index (χ0) is 21.7. The second kappa shape index (κ2) is 7.47. The Hall–Kier alpha value is -2.23. The fourth-order valence-corrected chi connectivity index (χ4v) is 7.39. The second-order valence-corrected chi connectivity index (χ2v) is 11.5. The molecule has 0 radical (unpaired) electrons. The van der Waals surface area contributed by atoms with Gasteiger partial charge in [-0.2, -0.15) is 0 Å². The molecule has 0 saturated heterocycles. The Morgan fingerprint density at radius 3 is 1.80 bits per heavy atom. The van der Waals surface area contributed by atoms with Gasteiger partial charge in [0.15, 0.2) is 18.6 Å². The predicted molar refractivity (Wildman–Crippen MR) is 125 cm³/mol. The molecule has 156 valence electrons. The fraction of sp³-hybridized carbons (Fsp3) is 0.250. The molecule has 0 bridgehead atoms. The largest absolute Gasteiger partial charge is 0.493 e. The molecule has 1 aliphatic heterocycles. The molecule has 0 N–H and O–H groups in total. The van der Waals surface area contributed by atoms with Crippen LogP contribution in [0.4, 0.5) is 0 Å². The summed E-state index contributed by atoms with van der Waals surface area (Å²) in [4.78, 5) is 0. The number of fused-ring (bicyclic) bond motifs is 1. The third-order valence-electron chi connectivity index (χ3n) is 5.17. The van der Waals surface area contributed by atoms with Crippen LogP contribution in [0.5, 0.6) is 17.2 Å². The van der Waals surface area contributed by atoms with Crippen LogP contribution < -0.4 is 30.1 Å². The predicted octanol–water partition coefficient (Wildman–Crippen LogP) is 5.22. The van der Waals surface area contributed by atoms with Crippen molar-refractivity contribution in [2.75, 3.05) is 7.11 Å². The summed E-state index contributed by atoms with van der Waals surface area (Å²) < 4.78 is 33.1. The Morgan fingerprint density at radius 1 is 0.867 bits per heavy atom. The van der Waals surface area contributed by atoms with E-state index in [2.05, 4.69) is 15.9 Å². The fourth-order valence-electron chi connectivity index (χ4n) is 3.60. The lowest BCUT2D eigenvalue weighted by molar-refractivity contribution is -0.0442. The summed E-state index contributed by atoms with van der Waals surface area (Å²) in [7, 11) is -1.66. The van der Waals surface area contributed by atoms with E-state index in [1.165, 1.54) is 0 Å². The maximum Gasteiger partial charge on any atom is 0.246 e. The minimum absolute atomic E-state index is 0.494. The molecule has 6 heteroatoms. The number of hydrogen-bond acceptors (Lipinski definition) is 4. The maximum absolute atomic E-state index is 14.9. The molecule has 0 aromatic heterocycles. The number of halogens is 1. The van der Waals surface area contributed by atoms with Crippen LogP contribution in [0.1, 0.15) is 25.0 Å². The van der Waals surface area contributed by atoms with Crippen molar-refractivity contribution in [3.05, 3.63) is 70.2 Å². The maximum atomic E-state index is 14.9. The minimum atomic E-state index is -3.23. The van der Waals surface area contributed by atoms with E-state index in [1.54, 1.807) is 13.2 Å². The topological polar surface area (TPSA) is 44.8 Å². The third-order valence-corrected chi connectivity index (χ3v) is 9.35. The normalized spacial score (nSPS) is 14.6. The van der Waals surface area contributed by atoms with Gasteiger partial charge in [0.25, 0.3) is 0 Å². The van der Waals surface area contributed by atoms with Crippen LogP contribution in [-0.2, 0) is 4.57 Å². The zero-order valence-corrected chi connectivity index (χ0v) is 20.1. The minimum Gasteiger partial charge on any atom is -0.493 e. The van der Waals surface area contributed by atoms with Crippen LogP contribution >= 0.6 is 23.1 Å². The van der Waals surface area contributed by atoms with Gasteiger partial charge in [-0.1, -0.05) is 59.7 Å². The molecular weight excluding hydrogens is 463 g/mol. The van der Waals surface area contributed by atoms with Crippen molar-refractivity contribution in [2.24, 2.45) is 0 Å². The molecule has 0 fully saturated rings. The van der Waals surface area contributed by atoms with Crippen LogP contribution in [0.25, 0.3) is 0 Å². The molecule has 3 aromatic rings. The van der Waals surface area contributed by atoms with Gasteiger partial charge in [-0.3, -0.25) is 0 Å². The monoisotopic (exact) mass is 486 g/mol. The highest BCUT2D eigenvalue weighted by atomic mass is 79.9. The number of ether oxygens (including phenoxy) is 3. The molecule has 30 heavy (non-hydrogen) atoms. The first-order valence-corrected chi connectivity index (χ1v) is 12.2. The van der Waals surface area contributed by atoms with E-state index in [9.17, 15) is 4.57 Å². The molecule has 0 atom stereocenters. The molecule has 0 saturated carbocycles. The van der Waals surface area contributed by atoms with Gasteiger partial charge in [0.2, 0.25) is 11.5 Å². The van der Waals surface area contributed by atoms with Gasteiger partial charge in [-0.05, 0) is 35.8 Å². The van der Waals surface area contributed by atoms with Crippen LogP contribution in [0, 0.1) is 13.8 Å². The van der Waals surface area contributed by atoms with E-state index in [1.807, 2.05) is 76.2 Å². The van der Waals surface area contributed by atoms with E-state index in [0.29, 0.717) is 27.0 Å². The first-order valence-electron chi connectivity index (χ1n) is 9.69. The first-order chi connectivity index (χ1) is 14.2. The highest BCUT2D eigenvalue weighted by molar-refractivity contribution is 9.10. The number of rotatable bonds is 4. The third kappa shape index (κ3) is 3.44. The summed E-state index contributed by atoms with van der Waals surface area (Å²) in [6.45, 7) is 7.69. The van der Waals surface area contributed by atoms with Crippen molar-refractivity contribution in [2.45, 2.75) is 33.5 Å². The quantitative estimate of drug-likeness (QED) is 0.474. The molecule has 0 unspecified atom stereocenters. The number of hydrogen-bond donors (Lipinski definition) is 0. The lowest BCUT2D eigenvalue weighted by atomic mass is 10.2. The zero-order valence-electron chi connectivity index (χ0n) is 17.7. The summed E-state index contributed by atoms with van der Waals surface area (Å²) in [6.07, 6.45) is 0. The van der Waals surface area contributed by atoms with Gasteiger partial charge in [-0.25, -0.2) is 0 Å². The summed E-state index contributed by atoms with van der Waals surface area (Å²) in [5.74, 6) is 0.675. The summed E-state index contributed by atoms with van der Waals surface area (Å²) in [5.41, 5.74) is 2.22. The Labute approximate surface area is 185 Å². The number of benzene rings is 3. The van der Waals surface area contributed by atoms with Gasteiger partial charge in [0, 0.05) is 29.8 Å². The van der Waals surface area contributed by atoms with Gasteiger partial charge in [-0.15, -0.1) is 0 Å². The van der Waals surface area contributed by atoms with E-state index < -0.39 is 12.9 Å². The summed E-state index contributed by atoms with van der Waals surface area (Å²) >= 11 is 3.67. The van der Waals surface area contributed by atoms with E-state index in [4.69, 9.17) is 14.2 Å². The Morgan fingerprint density at radius 2 is 1.33 bits per heavy atom. The smallest absolute Gasteiger partial charge is 0.246 e. The molecule has 4 rings (SSSR count). The van der Waals surface area contributed by atoms with Crippen molar-refractivity contribution in [1.29, 1.82) is 0 Å². The second-order valence-electron chi connectivity index (χ2n) is 7.95. The van der Waals surface area contributed by atoms with Gasteiger partial charge < -0.3 is 18.8 Å². The SMILES string of the molecule is COc1cc(P(=O)(c2ccc(C)cc2)c2ccc(C)cc2)c(Br)c2c1OC(C)(C)O2. The first kappa shape index (κ1) is 21.0. The van der Waals surface area contributed by atoms with Gasteiger partial charge in [0.05, 0.1) is 11.6 Å². The highest BCUT2D eigenvalue weighted by Gasteiger charge is 2.41. The van der Waals surface area contributed by atoms with Crippen molar-refractivity contribution in [3.63, 3.8) is 0 Å². The van der Waals surface area contributed by atoms with Gasteiger partial charge in [0.1, 0.15) is 0 Å². The average Bonchev–Trinajstić information content (AvgIpc) is 3.05. The summed E-state index contributed by atoms with van der Waals surface area (Å²) in [6, 6.07) is 17.5. The van der Waals surface area contributed by atoms with Crippen LogP contribution in [0.2, 0.25) is 0 Å². The molecule has 4 nitrogen and oxygen atoms in total. The van der Waals surface area contributed by atoms with Crippen LogP contribution in [0.3, 0.4) is 0 Å². The summed E-state index contributed by atoms with van der Waals surface area (Å²) in [5, 5.41) is 2.11. The molecule has 1 aliphatic rings. The van der Waals surface area contributed by atoms with Crippen LogP contribution in [0.15, 0.2) is 59.1 Å². The van der Waals surface area contributed by atoms with E-state index >= 15 is 0 Å². The molecular formula is C24H24BrO4P. The van der Waals surface area contributed by atoms with Crippen LogP contribution in [-0.4, -0.2) is 12.9 Å². The molecule has 0 aliphatic carbocycles. The molecule has 1 heterocycles. The number of methoxy groups -OCH3 is 1. The highest BCUT2D eigenvalue weighted by Crippen LogP contribution is 2.54. The Balaban J connectivity index is 2.03. The Kier molecular flexibility index (Phi) is 5.24. The van der Waals surface area contributed by atoms with E-state index in [-0.39, 0.29) is 0 Å². The lowest BCUT2D eigenvalue weighted by Crippen LogP contribution is -2.30. The molecule has 3 aromatic carbocycles. The average molecular weight is 487 g/mol. The van der Waals surface area contributed by atoms with Crippen molar-refractivity contribution >= 4 is 39.0 Å². The molecule has 0 amide bonds. The standard InChI is InChI=1S/C24H24BrO4P/c1-15-6-10-17(11-7-15)30(26,18-12-8-16(2)9-13-18)20-14-19(27-5)22-23(21(20)25)29-24(3,4)28-22/h6-14H,1-5H3. The van der Waals surface area contributed by atoms with Crippen molar-refractivity contribution in [3.8, 4) is 17.2 Å². The Bertz CT molecular complexity index is 1100. The number of aryl methyl sites for hydroxylation is 2. The van der Waals surface area contributed by atoms with Crippen molar-refractivity contribution in [1.82, 2.24) is 0 Å². The van der Waals surface area contributed by atoms with Crippen molar-refractivity contribution < 1.29 is 18.8 Å². The lowest BCUT2D eigenvalue weighted by Gasteiger charge is -2.23.